The molecule has 0 aliphatic rings. The average molecular weight is 448 g/mol. The third kappa shape index (κ3) is 17.7. The molecule has 5 heteroatoms. The van der Waals surface area contributed by atoms with Gasteiger partial charge in [0.1, 0.15) is 6.61 Å². The van der Waals surface area contributed by atoms with Crippen LogP contribution in [0.1, 0.15) is 110 Å². The molecule has 1 aromatic heterocycles. The van der Waals surface area contributed by atoms with Crippen LogP contribution in [0.4, 0.5) is 0 Å². The van der Waals surface area contributed by atoms with Crippen LogP contribution in [0.2, 0.25) is 0 Å². The van der Waals surface area contributed by atoms with Crippen LogP contribution in [-0.4, -0.2) is 25.0 Å². The van der Waals surface area contributed by atoms with Crippen molar-refractivity contribution in [1.29, 1.82) is 0 Å². The van der Waals surface area contributed by atoms with Gasteiger partial charge in [0.25, 0.3) is 5.91 Å². The quantitative estimate of drug-likeness (QED) is 0.145. The van der Waals surface area contributed by atoms with E-state index in [1.165, 1.54) is 83.5 Å². The van der Waals surface area contributed by atoms with Crippen molar-refractivity contribution in [2.75, 3.05) is 13.2 Å². The highest BCUT2D eigenvalue weighted by Crippen LogP contribution is 2.13. The number of unbranched alkanes of at least 4 members (excludes halogenated alkanes) is 14. The summed E-state index contributed by atoms with van der Waals surface area (Å²) >= 11 is 0. The highest BCUT2D eigenvalue weighted by molar-refractivity contribution is 5.74. The van der Waals surface area contributed by atoms with Crippen LogP contribution >= 0.6 is 0 Å². The lowest BCUT2D eigenvalue weighted by Crippen LogP contribution is -2.43. The number of hydrogen-bond acceptors (Lipinski definition) is 3. The van der Waals surface area contributed by atoms with Crippen LogP contribution in [0, 0.1) is 0 Å². The first-order valence-corrected chi connectivity index (χ1v) is 13.1. The summed E-state index contributed by atoms with van der Waals surface area (Å²) in [5.41, 5.74) is 0. The molecule has 0 aliphatic carbocycles. The van der Waals surface area contributed by atoms with Gasteiger partial charge in [-0.25, -0.2) is 0 Å². The number of esters is 1. The Balaban J connectivity index is 1.79. The molecule has 1 amide bonds. The SMILES string of the molecule is CCCCCCCCCCCCCCCCCC(=O)OCCNC(=O)C[n+]1ccccc1. The summed E-state index contributed by atoms with van der Waals surface area (Å²) in [5.74, 6) is -0.244. The molecule has 1 rings (SSSR count). The lowest BCUT2D eigenvalue weighted by Gasteiger charge is -2.06. The predicted molar refractivity (Wildman–Crippen MR) is 130 cm³/mol. The molecular weight excluding hydrogens is 400 g/mol. The van der Waals surface area contributed by atoms with Gasteiger partial charge in [-0.3, -0.25) is 9.59 Å². The zero-order valence-corrected chi connectivity index (χ0v) is 20.5. The molecular formula is C27H47N2O3+. The Kier molecular flexibility index (Phi) is 18.4. The molecule has 0 atom stereocenters. The monoisotopic (exact) mass is 447 g/mol. The van der Waals surface area contributed by atoms with Crippen molar-refractivity contribution in [3.63, 3.8) is 0 Å². The van der Waals surface area contributed by atoms with Crippen molar-refractivity contribution in [2.24, 2.45) is 0 Å². The second-order valence-corrected chi connectivity index (χ2v) is 8.82. The van der Waals surface area contributed by atoms with Gasteiger partial charge in [0, 0.05) is 18.6 Å². The van der Waals surface area contributed by atoms with E-state index in [1.54, 1.807) is 4.57 Å². The van der Waals surface area contributed by atoms with Gasteiger partial charge in [-0.05, 0) is 6.42 Å². The van der Waals surface area contributed by atoms with Crippen LogP contribution in [0.15, 0.2) is 30.6 Å². The van der Waals surface area contributed by atoms with Crippen molar-refractivity contribution in [1.82, 2.24) is 5.32 Å². The molecule has 32 heavy (non-hydrogen) atoms. The second kappa shape index (κ2) is 21.0. The Labute approximate surface area is 196 Å². The van der Waals surface area contributed by atoms with Gasteiger partial charge in [-0.15, -0.1) is 0 Å². The summed E-state index contributed by atoms with van der Waals surface area (Å²) in [4.78, 5) is 23.6. The second-order valence-electron chi connectivity index (χ2n) is 8.82. The zero-order valence-electron chi connectivity index (χ0n) is 20.5. The van der Waals surface area contributed by atoms with Crippen molar-refractivity contribution in [2.45, 2.75) is 116 Å². The highest BCUT2D eigenvalue weighted by Gasteiger charge is 2.08. The zero-order chi connectivity index (χ0) is 23.1. The van der Waals surface area contributed by atoms with Crippen LogP contribution < -0.4 is 9.88 Å². The molecule has 1 N–H and O–H groups in total. The normalized spacial score (nSPS) is 10.8. The fourth-order valence-corrected chi connectivity index (χ4v) is 3.83. The maximum Gasteiger partial charge on any atom is 0.305 e. The first-order chi connectivity index (χ1) is 15.7. The van der Waals surface area contributed by atoms with Gasteiger partial charge in [-0.1, -0.05) is 103 Å². The number of hydrogen-bond donors (Lipinski definition) is 1. The molecule has 1 heterocycles. The lowest BCUT2D eigenvalue weighted by molar-refractivity contribution is -0.684. The standard InChI is InChI=1S/C27H46N2O3/c1-2-3-4-5-6-7-8-9-10-11-12-13-14-15-17-20-27(31)32-24-21-28-26(30)25-29-22-18-16-19-23-29/h16,18-19,22-23H,2-15,17,20-21,24-25H2,1H3/p+1. The Morgan fingerprint density at radius 3 is 1.75 bits per heavy atom. The number of rotatable bonds is 21. The first-order valence-electron chi connectivity index (χ1n) is 13.1. The van der Waals surface area contributed by atoms with Gasteiger partial charge in [-0.2, -0.15) is 4.57 Å². The fraction of sp³-hybridized carbons (Fsp3) is 0.741. The van der Waals surface area contributed by atoms with E-state index in [1.807, 2.05) is 30.6 Å². The van der Waals surface area contributed by atoms with E-state index in [9.17, 15) is 9.59 Å². The molecule has 182 valence electrons. The van der Waals surface area contributed by atoms with Crippen LogP contribution in [0.5, 0.6) is 0 Å². The van der Waals surface area contributed by atoms with E-state index >= 15 is 0 Å². The Bertz CT molecular complexity index is 578. The third-order valence-electron chi connectivity index (χ3n) is 5.78. The molecule has 5 nitrogen and oxygen atoms in total. The van der Waals surface area contributed by atoms with Crippen molar-refractivity contribution in [3.8, 4) is 0 Å². The molecule has 1 aromatic rings. The van der Waals surface area contributed by atoms with E-state index in [4.69, 9.17) is 4.74 Å². The minimum absolute atomic E-state index is 0.0837. The molecule has 0 fully saturated rings. The van der Waals surface area contributed by atoms with Gasteiger partial charge in [0.2, 0.25) is 6.54 Å². The summed E-state index contributed by atoms with van der Waals surface area (Å²) in [6.07, 6.45) is 23.9. The van der Waals surface area contributed by atoms with Gasteiger partial charge < -0.3 is 10.1 Å². The Morgan fingerprint density at radius 2 is 1.22 bits per heavy atom. The Morgan fingerprint density at radius 1 is 0.719 bits per heavy atom. The maximum absolute atomic E-state index is 11.8. The third-order valence-corrected chi connectivity index (χ3v) is 5.78. The molecule has 0 aromatic carbocycles. The predicted octanol–water partition coefficient (Wildman–Crippen LogP) is 5.90. The van der Waals surface area contributed by atoms with E-state index in [0.717, 1.165) is 12.8 Å². The number of nitrogens with one attached hydrogen (secondary N) is 1. The van der Waals surface area contributed by atoms with Crippen LogP contribution in [0.25, 0.3) is 0 Å². The van der Waals surface area contributed by atoms with Crippen molar-refractivity contribution in [3.05, 3.63) is 30.6 Å². The highest BCUT2D eigenvalue weighted by atomic mass is 16.5. The number of ether oxygens (including phenoxy) is 1. The molecule has 0 unspecified atom stereocenters. The lowest BCUT2D eigenvalue weighted by atomic mass is 10.0. The minimum atomic E-state index is -0.161. The van der Waals surface area contributed by atoms with Crippen LogP contribution in [-0.2, 0) is 20.9 Å². The smallest absolute Gasteiger partial charge is 0.305 e. The van der Waals surface area contributed by atoms with Gasteiger partial charge in [0.15, 0.2) is 12.4 Å². The number of amides is 1. The van der Waals surface area contributed by atoms with Gasteiger partial charge >= 0.3 is 5.97 Å². The number of pyridine rings is 1. The number of nitrogens with zero attached hydrogens (tertiary/aromatic N) is 1. The summed E-state index contributed by atoms with van der Waals surface area (Å²) < 4.78 is 7.00. The van der Waals surface area contributed by atoms with E-state index < -0.39 is 0 Å². The summed E-state index contributed by atoms with van der Waals surface area (Å²) in [5, 5.41) is 2.77. The average Bonchev–Trinajstić information content (AvgIpc) is 2.80. The molecule has 0 radical (unpaired) electrons. The topological polar surface area (TPSA) is 59.3 Å². The summed E-state index contributed by atoms with van der Waals surface area (Å²) in [6, 6.07) is 5.67. The van der Waals surface area contributed by atoms with Gasteiger partial charge in [0.05, 0.1) is 6.54 Å². The van der Waals surface area contributed by atoms with E-state index in [2.05, 4.69) is 12.2 Å². The molecule has 0 saturated heterocycles. The van der Waals surface area contributed by atoms with E-state index in [-0.39, 0.29) is 25.0 Å². The van der Waals surface area contributed by atoms with Crippen LogP contribution in [0.3, 0.4) is 0 Å². The number of aromatic nitrogens is 1. The molecule has 0 saturated carbocycles. The molecule has 0 aliphatic heterocycles. The number of carbonyl (C=O) groups is 2. The first kappa shape index (κ1) is 28.1. The summed E-state index contributed by atoms with van der Waals surface area (Å²) in [6.45, 7) is 3.14. The largest absolute Gasteiger partial charge is 0.464 e. The number of carbonyl (C=O) groups excluding carboxylic acids is 2. The minimum Gasteiger partial charge on any atom is -0.464 e. The summed E-state index contributed by atoms with van der Waals surface area (Å²) in [7, 11) is 0. The molecule has 0 spiro atoms. The Hall–Kier alpha value is -1.91. The maximum atomic E-state index is 11.8. The fourth-order valence-electron chi connectivity index (χ4n) is 3.83. The van der Waals surface area contributed by atoms with E-state index in [0.29, 0.717) is 13.0 Å². The van der Waals surface area contributed by atoms with Crippen molar-refractivity contribution < 1.29 is 18.9 Å². The van der Waals surface area contributed by atoms with Crippen molar-refractivity contribution >= 4 is 11.9 Å². The molecule has 0 bridgehead atoms.